The molecule has 0 amide bonds. The summed E-state index contributed by atoms with van der Waals surface area (Å²) in [6.07, 6.45) is 2.52. The number of hydrogen-bond acceptors (Lipinski definition) is 7. The molecule has 30 heavy (non-hydrogen) atoms. The Morgan fingerprint density at radius 1 is 1.03 bits per heavy atom. The highest BCUT2D eigenvalue weighted by Crippen LogP contribution is 2.30. The Morgan fingerprint density at radius 3 is 2.40 bits per heavy atom. The van der Waals surface area contributed by atoms with Crippen LogP contribution in [0.15, 0.2) is 42.5 Å². The molecule has 9 heteroatoms. The summed E-state index contributed by atoms with van der Waals surface area (Å²) < 4.78 is 40.6. The number of rotatable bonds is 8. The van der Waals surface area contributed by atoms with E-state index < -0.39 is 22.6 Å². The van der Waals surface area contributed by atoms with Gasteiger partial charge < -0.3 is 14.2 Å². The Labute approximate surface area is 175 Å². The summed E-state index contributed by atoms with van der Waals surface area (Å²) in [6.45, 7) is -0.322. The van der Waals surface area contributed by atoms with Gasteiger partial charge in [-0.3, -0.25) is 9.10 Å². The van der Waals surface area contributed by atoms with Crippen LogP contribution in [0.4, 0.5) is 5.69 Å². The predicted molar refractivity (Wildman–Crippen MR) is 111 cm³/mol. The van der Waals surface area contributed by atoms with E-state index in [1.165, 1.54) is 4.31 Å². The topological polar surface area (TPSA) is 99.2 Å². The molecule has 160 valence electrons. The third kappa shape index (κ3) is 5.29. The minimum atomic E-state index is -3.37. The standard InChI is InChI=1S/C21H23NO7S/c1-27-17-6-8-18(9-7-17)28-14-21(24)29-13-20(23)16-5-10-19-15(12-16)4-3-11-22(19)30(2,25)26/h5-10,12H,3-4,11,13-14H2,1-2H3. The van der Waals surface area contributed by atoms with Crippen LogP contribution in [-0.4, -0.2) is 53.3 Å². The van der Waals surface area contributed by atoms with Crippen molar-refractivity contribution in [3.8, 4) is 11.5 Å². The molecule has 0 N–H and O–H groups in total. The van der Waals surface area contributed by atoms with Crippen molar-refractivity contribution in [2.75, 3.05) is 37.4 Å². The van der Waals surface area contributed by atoms with Gasteiger partial charge in [0.25, 0.3) is 0 Å². The second kappa shape index (κ2) is 9.17. The van der Waals surface area contributed by atoms with E-state index in [4.69, 9.17) is 14.2 Å². The lowest BCUT2D eigenvalue weighted by Crippen LogP contribution is -2.34. The zero-order valence-electron chi connectivity index (χ0n) is 16.8. The zero-order valence-corrected chi connectivity index (χ0v) is 17.6. The first-order valence-corrected chi connectivity index (χ1v) is 11.2. The van der Waals surface area contributed by atoms with Crippen LogP contribution in [0.5, 0.6) is 11.5 Å². The highest BCUT2D eigenvalue weighted by atomic mass is 32.2. The van der Waals surface area contributed by atoms with Crippen molar-refractivity contribution in [3.63, 3.8) is 0 Å². The molecule has 0 fully saturated rings. The summed E-state index contributed by atoms with van der Waals surface area (Å²) in [5.74, 6) is 0.108. The van der Waals surface area contributed by atoms with Crippen LogP contribution >= 0.6 is 0 Å². The number of benzene rings is 2. The van der Waals surface area contributed by atoms with Crippen LogP contribution in [0, 0.1) is 0 Å². The molecule has 0 saturated heterocycles. The van der Waals surface area contributed by atoms with Gasteiger partial charge in [0.2, 0.25) is 10.0 Å². The van der Waals surface area contributed by atoms with Gasteiger partial charge in [-0.1, -0.05) is 0 Å². The van der Waals surface area contributed by atoms with E-state index in [0.717, 1.165) is 11.8 Å². The highest BCUT2D eigenvalue weighted by Gasteiger charge is 2.24. The van der Waals surface area contributed by atoms with E-state index in [0.29, 0.717) is 42.1 Å². The van der Waals surface area contributed by atoms with Gasteiger partial charge in [0.15, 0.2) is 19.0 Å². The van der Waals surface area contributed by atoms with Gasteiger partial charge in [-0.25, -0.2) is 13.2 Å². The number of sulfonamides is 1. The van der Waals surface area contributed by atoms with Crippen LogP contribution in [0.3, 0.4) is 0 Å². The van der Waals surface area contributed by atoms with Crippen molar-refractivity contribution in [2.24, 2.45) is 0 Å². The normalized spacial score (nSPS) is 13.3. The summed E-state index contributed by atoms with van der Waals surface area (Å²) in [7, 11) is -1.82. The number of Topliss-reactive ketones (excluding diaryl/α,β-unsaturated/α-hetero) is 1. The molecule has 0 radical (unpaired) electrons. The number of esters is 1. The second-order valence-corrected chi connectivity index (χ2v) is 8.74. The summed E-state index contributed by atoms with van der Waals surface area (Å²) in [4.78, 5) is 24.3. The van der Waals surface area contributed by atoms with Crippen LogP contribution in [-0.2, 0) is 26.0 Å². The number of ether oxygens (including phenoxy) is 3. The Kier molecular flexibility index (Phi) is 6.61. The molecule has 1 aliphatic rings. The monoisotopic (exact) mass is 433 g/mol. The lowest BCUT2D eigenvalue weighted by atomic mass is 9.99. The number of hydrogen-bond donors (Lipinski definition) is 0. The van der Waals surface area contributed by atoms with E-state index in [1.54, 1.807) is 49.6 Å². The van der Waals surface area contributed by atoms with E-state index in [9.17, 15) is 18.0 Å². The Balaban J connectivity index is 1.55. The first-order valence-electron chi connectivity index (χ1n) is 9.34. The number of methoxy groups -OCH3 is 1. The van der Waals surface area contributed by atoms with Crippen molar-refractivity contribution in [1.82, 2.24) is 0 Å². The van der Waals surface area contributed by atoms with Gasteiger partial charge in [0, 0.05) is 12.1 Å². The average molecular weight is 433 g/mol. The minimum absolute atomic E-state index is 0.326. The smallest absolute Gasteiger partial charge is 0.344 e. The average Bonchev–Trinajstić information content (AvgIpc) is 2.74. The Hall–Kier alpha value is -3.07. The molecule has 0 aliphatic carbocycles. The highest BCUT2D eigenvalue weighted by molar-refractivity contribution is 7.92. The molecule has 1 heterocycles. The van der Waals surface area contributed by atoms with E-state index in [-0.39, 0.29) is 12.4 Å². The van der Waals surface area contributed by atoms with Gasteiger partial charge in [0.05, 0.1) is 19.1 Å². The maximum Gasteiger partial charge on any atom is 0.344 e. The Morgan fingerprint density at radius 2 is 1.73 bits per heavy atom. The van der Waals surface area contributed by atoms with Gasteiger partial charge >= 0.3 is 5.97 Å². The van der Waals surface area contributed by atoms with Crippen molar-refractivity contribution in [3.05, 3.63) is 53.6 Å². The van der Waals surface area contributed by atoms with Gasteiger partial charge in [-0.2, -0.15) is 0 Å². The first kappa shape index (κ1) is 21.6. The molecule has 0 saturated carbocycles. The molecule has 0 aromatic heterocycles. The maximum absolute atomic E-state index is 12.4. The number of carbonyl (C=O) groups is 2. The summed E-state index contributed by atoms with van der Waals surface area (Å²) in [5, 5.41) is 0. The van der Waals surface area contributed by atoms with E-state index in [2.05, 4.69) is 0 Å². The summed E-state index contributed by atoms with van der Waals surface area (Å²) >= 11 is 0. The second-order valence-electron chi connectivity index (χ2n) is 6.83. The molecular formula is C21H23NO7S. The SMILES string of the molecule is COc1ccc(OCC(=O)OCC(=O)c2ccc3c(c2)CCCN3S(C)(=O)=O)cc1. The molecule has 0 spiro atoms. The van der Waals surface area contributed by atoms with Crippen molar-refractivity contribution < 1.29 is 32.2 Å². The molecule has 8 nitrogen and oxygen atoms in total. The molecule has 1 aliphatic heterocycles. The molecule has 2 aromatic carbocycles. The molecular weight excluding hydrogens is 410 g/mol. The third-order valence-electron chi connectivity index (χ3n) is 4.66. The van der Waals surface area contributed by atoms with Crippen LogP contribution in [0.1, 0.15) is 22.3 Å². The fraction of sp³-hybridized carbons (Fsp3) is 0.333. The fourth-order valence-corrected chi connectivity index (χ4v) is 4.16. The first-order chi connectivity index (χ1) is 14.3. The Bertz CT molecular complexity index is 1030. The molecule has 0 bridgehead atoms. The molecule has 0 atom stereocenters. The summed E-state index contributed by atoms with van der Waals surface area (Å²) in [6, 6.07) is 11.5. The van der Waals surface area contributed by atoms with Gasteiger partial charge in [0.1, 0.15) is 11.5 Å². The van der Waals surface area contributed by atoms with Crippen molar-refractivity contribution in [1.29, 1.82) is 0 Å². The van der Waals surface area contributed by atoms with E-state index >= 15 is 0 Å². The molecule has 2 aromatic rings. The minimum Gasteiger partial charge on any atom is -0.497 e. The lowest BCUT2D eigenvalue weighted by molar-refractivity contribution is -0.144. The fourth-order valence-electron chi connectivity index (χ4n) is 3.17. The van der Waals surface area contributed by atoms with Crippen molar-refractivity contribution in [2.45, 2.75) is 12.8 Å². The quantitative estimate of drug-likeness (QED) is 0.465. The number of nitrogens with zero attached hydrogens (tertiary/aromatic N) is 1. The van der Waals surface area contributed by atoms with Crippen molar-refractivity contribution >= 4 is 27.5 Å². The van der Waals surface area contributed by atoms with Gasteiger partial charge in [-0.05, 0) is 60.9 Å². The number of anilines is 1. The van der Waals surface area contributed by atoms with Crippen LogP contribution in [0.2, 0.25) is 0 Å². The number of ketones is 1. The van der Waals surface area contributed by atoms with Crippen LogP contribution in [0.25, 0.3) is 0 Å². The largest absolute Gasteiger partial charge is 0.497 e. The summed E-state index contributed by atoms with van der Waals surface area (Å²) in [5.41, 5.74) is 1.74. The third-order valence-corrected chi connectivity index (χ3v) is 5.84. The zero-order chi connectivity index (χ0) is 21.7. The number of fused-ring (bicyclic) bond motifs is 1. The van der Waals surface area contributed by atoms with E-state index in [1.807, 2.05) is 0 Å². The number of carbonyl (C=O) groups excluding carboxylic acids is 2. The molecule has 0 unspecified atom stereocenters. The van der Waals surface area contributed by atoms with Crippen LogP contribution < -0.4 is 13.8 Å². The molecule has 3 rings (SSSR count). The predicted octanol–water partition coefficient (Wildman–Crippen LogP) is 2.21. The lowest BCUT2D eigenvalue weighted by Gasteiger charge is -2.29. The number of aryl methyl sites for hydroxylation is 1. The van der Waals surface area contributed by atoms with Gasteiger partial charge in [-0.15, -0.1) is 0 Å². The maximum atomic E-state index is 12.4.